The molecule has 1 aliphatic rings. The Morgan fingerprint density at radius 2 is 1.60 bits per heavy atom. The standard InChI is InChI=1S/C24H22N4OS/c29-22(17-18-8-10-20(11-9-18)19-5-2-1-3-6-19)27-13-15-28(16-14-27)24-26-21-7-4-12-25-23(21)30-24/h1-12H,13-17H2. The van der Waals surface area contributed by atoms with Gasteiger partial charge in [0, 0.05) is 32.4 Å². The van der Waals surface area contributed by atoms with E-state index in [1.54, 1.807) is 17.5 Å². The van der Waals surface area contributed by atoms with E-state index in [2.05, 4.69) is 51.3 Å². The van der Waals surface area contributed by atoms with E-state index in [-0.39, 0.29) is 5.91 Å². The molecule has 4 aromatic rings. The third-order valence-electron chi connectivity index (χ3n) is 5.47. The molecule has 150 valence electrons. The van der Waals surface area contributed by atoms with Crippen LogP contribution in [-0.2, 0) is 11.2 Å². The van der Waals surface area contributed by atoms with E-state index >= 15 is 0 Å². The van der Waals surface area contributed by atoms with Crippen LogP contribution >= 0.6 is 11.3 Å². The lowest BCUT2D eigenvalue weighted by Gasteiger charge is -2.34. The second kappa shape index (κ2) is 8.24. The summed E-state index contributed by atoms with van der Waals surface area (Å²) in [6, 6.07) is 22.5. The molecule has 0 unspecified atom stereocenters. The summed E-state index contributed by atoms with van der Waals surface area (Å²) in [6.07, 6.45) is 2.24. The minimum atomic E-state index is 0.188. The van der Waals surface area contributed by atoms with Gasteiger partial charge in [-0.2, -0.15) is 0 Å². The van der Waals surface area contributed by atoms with Gasteiger partial charge in [0.15, 0.2) is 5.13 Å². The second-order valence-corrected chi connectivity index (χ2v) is 8.39. The predicted molar refractivity (Wildman–Crippen MR) is 122 cm³/mol. The Morgan fingerprint density at radius 1 is 0.867 bits per heavy atom. The van der Waals surface area contributed by atoms with Gasteiger partial charge in [-0.25, -0.2) is 9.97 Å². The number of aromatic nitrogens is 2. The highest BCUT2D eigenvalue weighted by molar-refractivity contribution is 7.21. The average Bonchev–Trinajstić information content (AvgIpc) is 3.25. The van der Waals surface area contributed by atoms with Gasteiger partial charge >= 0.3 is 0 Å². The van der Waals surface area contributed by atoms with Gasteiger partial charge in [-0.05, 0) is 28.8 Å². The second-order valence-electron chi connectivity index (χ2n) is 7.43. The summed E-state index contributed by atoms with van der Waals surface area (Å²) >= 11 is 1.62. The minimum absolute atomic E-state index is 0.188. The molecule has 0 atom stereocenters. The minimum Gasteiger partial charge on any atom is -0.344 e. The quantitative estimate of drug-likeness (QED) is 0.501. The Bertz CT molecular complexity index is 1120. The largest absolute Gasteiger partial charge is 0.344 e. The number of nitrogens with zero attached hydrogens (tertiary/aromatic N) is 4. The monoisotopic (exact) mass is 414 g/mol. The topological polar surface area (TPSA) is 49.3 Å². The molecule has 5 nitrogen and oxygen atoms in total. The molecule has 2 aromatic carbocycles. The fourth-order valence-electron chi connectivity index (χ4n) is 3.77. The van der Waals surface area contributed by atoms with Crippen LogP contribution < -0.4 is 4.90 Å². The van der Waals surface area contributed by atoms with Crippen LogP contribution in [0, 0.1) is 0 Å². The van der Waals surface area contributed by atoms with Crippen molar-refractivity contribution in [3.63, 3.8) is 0 Å². The highest BCUT2D eigenvalue weighted by atomic mass is 32.1. The van der Waals surface area contributed by atoms with E-state index in [0.29, 0.717) is 6.42 Å². The fourth-order valence-corrected chi connectivity index (χ4v) is 4.73. The molecule has 0 spiro atoms. The molecule has 0 bridgehead atoms. The molecule has 5 rings (SSSR count). The van der Waals surface area contributed by atoms with Crippen molar-refractivity contribution in [3.05, 3.63) is 78.5 Å². The van der Waals surface area contributed by atoms with E-state index in [4.69, 9.17) is 0 Å². The van der Waals surface area contributed by atoms with Gasteiger partial charge < -0.3 is 9.80 Å². The molecule has 0 N–H and O–H groups in total. The first-order valence-electron chi connectivity index (χ1n) is 10.1. The summed E-state index contributed by atoms with van der Waals surface area (Å²) in [5, 5.41) is 0.993. The van der Waals surface area contributed by atoms with Crippen molar-refractivity contribution in [2.45, 2.75) is 6.42 Å². The normalized spacial score (nSPS) is 14.3. The molecular formula is C24H22N4OS. The summed E-state index contributed by atoms with van der Waals surface area (Å²) < 4.78 is 0. The lowest BCUT2D eigenvalue weighted by molar-refractivity contribution is -0.130. The molecule has 6 heteroatoms. The number of fused-ring (bicyclic) bond motifs is 1. The lowest BCUT2D eigenvalue weighted by atomic mass is 10.0. The number of pyridine rings is 1. The Hall–Kier alpha value is -3.25. The first-order chi connectivity index (χ1) is 14.8. The number of carbonyl (C=O) groups is 1. The summed E-state index contributed by atoms with van der Waals surface area (Å²) in [6.45, 7) is 3.06. The summed E-state index contributed by atoms with van der Waals surface area (Å²) in [5.74, 6) is 0.188. The number of anilines is 1. The van der Waals surface area contributed by atoms with Crippen LogP contribution in [0.5, 0.6) is 0 Å². The van der Waals surface area contributed by atoms with Crippen LogP contribution in [0.1, 0.15) is 5.56 Å². The van der Waals surface area contributed by atoms with Crippen LogP contribution in [0.2, 0.25) is 0 Å². The van der Waals surface area contributed by atoms with Crippen molar-refractivity contribution in [1.29, 1.82) is 0 Å². The molecule has 30 heavy (non-hydrogen) atoms. The molecule has 1 amide bonds. The molecule has 1 fully saturated rings. The summed E-state index contributed by atoms with van der Waals surface area (Å²) in [4.78, 5) is 27.0. The Morgan fingerprint density at radius 3 is 2.33 bits per heavy atom. The van der Waals surface area contributed by atoms with E-state index in [9.17, 15) is 4.79 Å². The van der Waals surface area contributed by atoms with Crippen molar-refractivity contribution >= 4 is 32.7 Å². The third kappa shape index (κ3) is 3.91. The highest BCUT2D eigenvalue weighted by Crippen LogP contribution is 2.27. The number of amides is 1. The van der Waals surface area contributed by atoms with Crippen molar-refractivity contribution in [1.82, 2.24) is 14.9 Å². The number of benzene rings is 2. The van der Waals surface area contributed by atoms with Gasteiger partial charge in [0.2, 0.25) is 5.91 Å². The highest BCUT2D eigenvalue weighted by Gasteiger charge is 2.23. The zero-order chi connectivity index (χ0) is 20.3. The first kappa shape index (κ1) is 18.8. The van der Waals surface area contributed by atoms with Crippen LogP contribution in [0.15, 0.2) is 72.9 Å². The van der Waals surface area contributed by atoms with Gasteiger partial charge in [0.05, 0.1) is 6.42 Å². The van der Waals surface area contributed by atoms with E-state index in [1.165, 1.54) is 11.1 Å². The number of piperazine rings is 1. The number of thiazole rings is 1. The van der Waals surface area contributed by atoms with E-state index in [0.717, 1.165) is 47.2 Å². The molecule has 1 aliphatic heterocycles. The zero-order valence-corrected chi connectivity index (χ0v) is 17.4. The van der Waals surface area contributed by atoms with Gasteiger partial charge in [-0.3, -0.25) is 4.79 Å². The SMILES string of the molecule is O=C(Cc1ccc(-c2ccccc2)cc1)N1CCN(c2nc3cccnc3s2)CC1. The Kier molecular flexibility index (Phi) is 5.15. The van der Waals surface area contributed by atoms with Gasteiger partial charge in [0.25, 0.3) is 0 Å². The maximum absolute atomic E-state index is 12.8. The average molecular weight is 415 g/mol. The van der Waals surface area contributed by atoms with E-state index < -0.39 is 0 Å². The van der Waals surface area contributed by atoms with Crippen molar-refractivity contribution in [2.24, 2.45) is 0 Å². The number of hydrogen-bond acceptors (Lipinski definition) is 5. The molecule has 1 saturated heterocycles. The number of hydrogen-bond donors (Lipinski definition) is 0. The molecule has 0 aliphatic carbocycles. The fraction of sp³-hybridized carbons (Fsp3) is 0.208. The Labute approximate surface area is 179 Å². The van der Waals surface area contributed by atoms with Gasteiger partial charge in [0.1, 0.15) is 10.3 Å². The molecule has 3 heterocycles. The van der Waals surface area contributed by atoms with Gasteiger partial charge in [-0.1, -0.05) is 65.9 Å². The summed E-state index contributed by atoms with van der Waals surface area (Å²) in [7, 11) is 0. The van der Waals surface area contributed by atoms with Crippen LogP contribution in [0.25, 0.3) is 21.5 Å². The van der Waals surface area contributed by atoms with Crippen LogP contribution in [0.4, 0.5) is 5.13 Å². The molecule has 2 aromatic heterocycles. The van der Waals surface area contributed by atoms with Crippen molar-refractivity contribution in [3.8, 4) is 11.1 Å². The first-order valence-corrected chi connectivity index (χ1v) is 11.0. The van der Waals surface area contributed by atoms with Crippen molar-refractivity contribution in [2.75, 3.05) is 31.1 Å². The lowest BCUT2D eigenvalue weighted by Crippen LogP contribution is -2.49. The molecule has 0 saturated carbocycles. The third-order valence-corrected chi connectivity index (χ3v) is 6.51. The maximum Gasteiger partial charge on any atom is 0.227 e. The zero-order valence-electron chi connectivity index (χ0n) is 16.6. The number of rotatable bonds is 4. The smallest absolute Gasteiger partial charge is 0.227 e. The predicted octanol–water partition coefficient (Wildman–Crippen LogP) is 4.25. The molecule has 0 radical (unpaired) electrons. The van der Waals surface area contributed by atoms with E-state index in [1.807, 2.05) is 35.2 Å². The maximum atomic E-state index is 12.8. The van der Waals surface area contributed by atoms with Gasteiger partial charge in [-0.15, -0.1) is 0 Å². The van der Waals surface area contributed by atoms with Crippen LogP contribution in [-0.4, -0.2) is 47.0 Å². The summed E-state index contributed by atoms with van der Waals surface area (Å²) in [5.41, 5.74) is 4.36. The Balaban J connectivity index is 1.19. The van der Waals surface area contributed by atoms with Crippen molar-refractivity contribution < 1.29 is 4.79 Å². The number of carbonyl (C=O) groups excluding carboxylic acids is 1. The van der Waals surface area contributed by atoms with Crippen LogP contribution in [0.3, 0.4) is 0 Å². The molecular weight excluding hydrogens is 392 g/mol.